The van der Waals surface area contributed by atoms with Crippen LogP contribution in [-0.4, -0.2) is 67.8 Å². The molecule has 0 spiro atoms. The van der Waals surface area contributed by atoms with Gasteiger partial charge in [-0.1, -0.05) is 30.5 Å². The second-order valence-corrected chi connectivity index (χ2v) is 10.5. The first-order valence-electron chi connectivity index (χ1n) is 13.5. The standard InChI is InChI=1S/C27H35N7O3/c35-27-20-8-4-9-23(12-20)36-11-5-10-34-15-22(30-32-34)18-37-25-17-33(16-24(25)29-27)14-21-13-28-31-26(21)19-6-2-1-3-7-19/h4,8-9,12-13,15,19,24-25H,1-3,5-7,10-11,14,16-18H2,(H,28,31)(H,29,35)/t24-,25-/m0/s1. The molecule has 4 heterocycles. The van der Waals surface area contributed by atoms with Gasteiger partial charge in [0, 0.05) is 55.3 Å². The molecule has 2 aliphatic heterocycles. The second kappa shape index (κ2) is 11.0. The molecule has 0 unspecified atom stereocenters. The van der Waals surface area contributed by atoms with Gasteiger partial charge in [0.05, 0.1) is 37.8 Å². The van der Waals surface area contributed by atoms with Crippen LogP contribution in [0, 0.1) is 0 Å². The van der Waals surface area contributed by atoms with Crippen molar-refractivity contribution >= 4 is 5.91 Å². The van der Waals surface area contributed by atoms with Crippen molar-refractivity contribution in [2.45, 2.75) is 76.3 Å². The number of aromatic amines is 1. The van der Waals surface area contributed by atoms with Crippen molar-refractivity contribution in [3.63, 3.8) is 0 Å². The van der Waals surface area contributed by atoms with Crippen LogP contribution in [0.2, 0.25) is 0 Å². The van der Waals surface area contributed by atoms with E-state index >= 15 is 0 Å². The topological polar surface area (TPSA) is 110 Å². The van der Waals surface area contributed by atoms with Crippen molar-refractivity contribution < 1.29 is 14.3 Å². The summed E-state index contributed by atoms with van der Waals surface area (Å²) in [5.41, 5.74) is 3.91. The zero-order chi connectivity index (χ0) is 25.0. The Labute approximate surface area is 216 Å². The summed E-state index contributed by atoms with van der Waals surface area (Å²) in [7, 11) is 0. The lowest BCUT2D eigenvalue weighted by Gasteiger charge is -2.23. The molecule has 37 heavy (non-hydrogen) atoms. The van der Waals surface area contributed by atoms with Crippen LogP contribution in [0.1, 0.15) is 71.8 Å². The number of ether oxygens (including phenoxy) is 2. The van der Waals surface area contributed by atoms with Crippen LogP contribution in [0.3, 0.4) is 0 Å². The largest absolute Gasteiger partial charge is 0.494 e. The number of hydrogen-bond acceptors (Lipinski definition) is 7. The van der Waals surface area contributed by atoms with E-state index in [1.165, 1.54) is 43.4 Å². The van der Waals surface area contributed by atoms with Crippen LogP contribution < -0.4 is 10.1 Å². The molecule has 2 N–H and O–H groups in total. The quantitative estimate of drug-likeness (QED) is 0.563. The van der Waals surface area contributed by atoms with Crippen LogP contribution in [0.4, 0.5) is 0 Å². The number of carbonyl (C=O) groups is 1. The van der Waals surface area contributed by atoms with Crippen LogP contribution >= 0.6 is 0 Å². The number of fused-ring (bicyclic) bond motifs is 5. The summed E-state index contributed by atoms with van der Waals surface area (Å²) in [6.07, 6.45) is 10.9. The number of aryl methyl sites for hydroxylation is 1. The molecular weight excluding hydrogens is 470 g/mol. The summed E-state index contributed by atoms with van der Waals surface area (Å²) in [5.74, 6) is 1.14. The van der Waals surface area contributed by atoms with Crippen LogP contribution in [-0.2, 0) is 24.4 Å². The van der Waals surface area contributed by atoms with Gasteiger partial charge in [-0.25, -0.2) is 0 Å². The minimum atomic E-state index is -0.161. The van der Waals surface area contributed by atoms with Crippen LogP contribution in [0.25, 0.3) is 0 Å². The van der Waals surface area contributed by atoms with Gasteiger partial charge in [0.2, 0.25) is 0 Å². The summed E-state index contributed by atoms with van der Waals surface area (Å²) >= 11 is 0. The molecule has 1 amide bonds. The van der Waals surface area contributed by atoms with Gasteiger partial charge in [-0.3, -0.25) is 19.5 Å². The highest BCUT2D eigenvalue weighted by Crippen LogP contribution is 2.34. The molecule has 3 aromatic rings. The highest BCUT2D eigenvalue weighted by Gasteiger charge is 2.36. The Morgan fingerprint density at radius 2 is 2.03 bits per heavy atom. The van der Waals surface area contributed by atoms with Gasteiger partial charge in [0.1, 0.15) is 11.4 Å². The zero-order valence-electron chi connectivity index (χ0n) is 21.1. The van der Waals surface area contributed by atoms with Crippen molar-refractivity contribution in [3.8, 4) is 5.75 Å². The average molecular weight is 506 g/mol. The second-order valence-electron chi connectivity index (χ2n) is 10.5. The fourth-order valence-corrected chi connectivity index (χ4v) is 5.82. The van der Waals surface area contributed by atoms with E-state index in [-0.39, 0.29) is 18.1 Å². The van der Waals surface area contributed by atoms with Gasteiger partial charge in [-0.05, 0) is 31.0 Å². The highest BCUT2D eigenvalue weighted by atomic mass is 16.5. The molecule has 2 atom stereocenters. The molecular formula is C27H35N7O3. The van der Waals surface area contributed by atoms with E-state index in [1.807, 2.05) is 35.3 Å². The number of aromatic nitrogens is 5. The molecule has 1 aliphatic carbocycles. The molecule has 196 valence electrons. The number of carbonyl (C=O) groups excluding carboxylic acids is 1. The first kappa shape index (κ1) is 24.1. The van der Waals surface area contributed by atoms with Crippen molar-refractivity contribution in [2.24, 2.45) is 0 Å². The molecule has 1 aromatic carbocycles. The molecule has 2 aromatic heterocycles. The molecule has 4 bridgehead atoms. The number of likely N-dealkylation sites (tertiary alicyclic amines) is 1. The third-order valence-electron chi connectivity index (χ3n) is 7.74. The number of benzene rings is 1. The molecule has 3 aliphatic rings. The Hall–Kier alpha value is -3.24. The predicted molar refractivity (Wildman–Crippen MR) is 136 cm³/mol. The number of hydrogen-bond donors (Lipinski definition) is 2. The highest BCUT2D eigenvalue weighted by molar-refractivity contribution is 5.94. The fourth-order valence-electron chi connectivity index (χ4n) is 5.82. The van der Waals surface area contributed by atoms with E-state index in [0.29, 0.717) is 43.5 Å². The van der Waals surface area contributed by atoms with E-state index in [1.54, 1.807) is 6.07 Å². The maximum absolute atomic E-state index is 13.2. The van der Waals surface area contributed by atoms with E-state index < -0.39 is 0 Å². The Kier molecular flexibility index (Phi) is 7.18. The van der Waals surface area contributed by atoms with E-state index in [0.717, 1.165) is 25.2 Å². The third-order valence-corrected chi connectivity index (χ3v) is 7.74. The SMILES string of the molecule is O=C1N[C@H]2CN(Cc3cn[nH]c3C3CCCCC3)C[C@@H]2OCc2cn(nn2)CCCOc2cccc1c2. The third kappa shape index (κ3) is 5.70. The van der Waals surface area contributed by atoms with E-state index in [4.69, 9.17) is 9.47 Å². The van der Waals surface area contributed by atoms with Gasteiger partial charge in [0.25, 0.3) is 5.91 Å². The van der Waals surface area contributed by atoms with Gasteiger partial charge >= 0.3 is 0 Å². The van der Waals surface area contributed by atoms with Crippen molar-refractivity contribution in [1.29, 1.82) is 0 Å². The average Bonchev–Trinajstić information content (AvgIpc) is 3.66. The molecule has 10 nitrogen and oxygen atoms in total. The van der Waals surface area contributed by atoms with Gasteiger partial charge in [-0.15, -0.1) is 5.10 Å². The van der Waals surface area contributed by atoms with Crippen molar-refractivity contribution in [1.82, 2.24) is 35.4 Å². The summed E-state index contributed by atoms with van der Waals surface area (Å²) in [5, 5.41) is 19.4. The molecule has 1 saturated heterocycles. The maximum atomic E-state index is 13.2. The Morgan fingerprint density at radius 3 is 2.95 bits per heavy atom. The van der Waals surface area contributed by atoms with Gasteiger partial charge < -0.3 is 14.8 Å². The number of amides is 1. The summed E-state index contributed by atoms with van der Waals surface area (Å²) < 4.78 is 14.1. The molecule has 6 rings (SSSR count). The summed E-state index contributed by atoms with van der Waals surface area (Å²) in [6, 6.07) is 7.22. The molecule has 10 heteroatoms. The van der Waals surface area contributed by atoms with Gasteiger partial charge in [0.15, 0.2) is 0 Å². The number of nitrogens with zero attached hydrogens (tertiary/aromatic N) is 5. The Morgan fingerprint density at radius 1 is 1.11 bits per heavy atom. The lowest BCUT2D eigenvalue weighted by Crippen LogP contribution is -2.44. The molecule has 2 fully saturated rings. The predicted octanol–water partition coefficient (Wildman–Crippen LogP) is 3.03. The number of H-pyrrole nitrogens is 1. The first-order chi connectivity index (χ1) is 18.2. The number of nitrogens with one attached hydrogen (secondary N) is 2. The minimum absolute atomic E-state index is 0.116. The summed E-state index contributed by atoms with van der Waals surface area (Å²) in [6.45, 7) is 3.81. The first-order valence-corrected chi connectivity index (χ1v) is 13.5. The Balaban J connectivity index is 1.20. The van der Waals surface area contributed by atoms with E-state index in [2.05, 4.69) is 30.7 Å². The number of rotatable bonds is 3. The minimum Gasteiger partial charge on any atom is -0.494 e. The normalized spacial score (nSPS) is 23.8. The lowest BCUT2D eigenvalue weighted by atomic mass is 9.85. The molecule has 1 saturated carbocycles. The fraction of sp³-hybridized carbons (Fsp3) is 0.556. The van der Waals surface area contributed by atoms with Crippen LogP contribution in [0.5, 0.6) is 5.75 Å². The van der Waals surface area contributed by atoms with Crippen molar-refractivity contribution in [2.75, 3.05) is 19.7 Å². The smallest absolute Gasteiger partial charge is 0.251 e. The van der Waals surface area contributed by atoms with Crippen molar-refractivity contribution in [3.05, 3.63) is 59.2 Å². The van der Waals surface area contributed by atoms with E-state index in [9.17, 15) is 4.79 Å². The summed E-state index contributed by atoms with van der Waals surface area (Å²) in [4.78, 5) is 15.6. The van der Waals surface area contributed by atoms with Gasteiger partial charge in [-0.2, -0.15) is 5.10 Å². The van der Waals surface area contributed by atoms with Crippen LogP contribution in [0.15, 0.2) is 36.7 Å². The monoisotopic (exact) mass is 505 g/mol. The molecule has 0 radical (unpaired) electrons. The lowest BCUT2D eigenvalue weighted by molar-refractivity contribution is 0.0293. The Bertz CT molecular complexity index is 1200. The zero-order valence-corrected chi connectivity index (χ0v) is 21.1. The maximum Gasteiger partial charge on any atom is 0.251 e.